The Morgan fingerprint density at radius 2 is 1.75 bits per heavy atom. The van der Waals surface area contributed by atoms with Crippen LogP contribution in [0.4, 0.5) is 0 Å². The second-order valence-corrected chi connectivity index (χ2v) is 6.42. The molecule has 20 heavy (non-hydrogen) atoms. The number of fused-ring (bicyclic) bond motifs is 1. The van der Waals surface area contributed by atoms with E-state index >= 15 is 0 Å². The van der Waals surface area contributed by atoms with Crippen LogP contribution in [0.15, 0.2) is 24.3 Å². The molecule has 0 aliphatic carbocycles. The van der Waals surface area contributed by atoms with Crippen molar-refractivity contribution in [2.24, 2.45) is 0 Å². The fraction of sp³-hybridized carbons (Fsp3) is 0.467. The molecule has 108 valence electrons. The minimum atomic E-state index is -0.179. The summed E-state index contributed by atoms with van der Waals surface area (Å²) < 4.78 is 0. The Hall–Kier alpha value is -1.33. The van der Waals surface area contributed by atoms with Crippen LogP contribution in [-0.4, -0.2) is 46.0 Å². The van der Waals surface area contributed by atoms with Gasteiger partial charge in [0.05, 0.1) is 17.7 Å². The smallest absolute Gasteiger partial charge is 0.261 e. The molecule has 1 aromatic carbocycles. The molecule has 1 aromatic rings. The van der Waals surface area contributed by atoms with Gasteiger partial charge in [-0.05, 0) is 30.7 Å². The van der Waals surface area contributed by atoms with Crippen molar-refractivity contribution in [3.05, 3.63) is 35.4 Å². The van der Waals surface area contributed by atoms with E-state index < -0.39 is 0 Å². The minimum Gasteiger partial charge on any atom is -0.395 e. The van der Waals surface area contributed by atoms with Crippen LogP contribution in [0.2, 0.25) is 0 Å². The Morgan fingerprint density at radius 3 is 2.30 bits per heavy atom. The number of hydrogen-bond donors (Lipinski definition) is 1. The van der Waals surface area contributed by atoms with Gasteiger partial charge in [0.15, 0.2) is 0 Å². The first-order valence-electron chi connectivity index (χ1n) is 6.83. The summed E-state index contributed by atoms with van der Waals surface area (Å²) in [4.78, 5) is 25.5. The van der Waals surface area contributed by atoms with Crippen molar-refractivity contribution in [2.45, 2.75) is 25.0 Å². The molecule has 0 spiro atoms. The lowest BCUT2D eigenvalue weighted by Gasteiger charge is -2.13. The monoisotopic (exact) mass is 293 g/mol. The molecule has 1 atom stereocenters. The molecule has 5 heteroatoms. The first-order chi connectivity index (χ1) is 9.65. The molecule has 0 radical (unpaired) electrons. The molecule has 1 heterocycles. The molecule has 1 aliphatic heterocycles. The zero-order valence-electron chi connectivity index (χ0n) is 11.5. The van der Waals surface area contributed by atoms with Crippen LogP contribution in [0, 0.1) is 0 Å². The molecular weight excluding hydrogens is 274 g/mol. The third kappa shape index (κ3) is 3.22. The van der Waals surface area contributed by atoms with Gasteiger partial charge in [0.2, 0.25) is 0 Å². The molecule has 2 rings (SSSR count). The molecule has 1 aliphatic rings. The van der Waals surface area contributed by atoms with E-state index in [1.807, 2.05) is 6.92 Å². The maximum atomic E-state index is 12.1. The Morgan fingerprint density at radius 1 is 1.15 bits per heavy atom. The van der Waals surface area contributed by atoms with Gasteiger partial charge in [-0.3, -0.25) is 14.5 Å². The molecule has 1 N–H and O–H groups in total. The normalized spacial score (nSPS) is 15.6. The van der Waals surface area contributed by atoms with Gasteiger partial charge in [-0.1, -0.05) is 19.1 Å². The van der Waals surface area contributed by atoms with E-state index in [0.717, 1.165) is 18.6 Å². The zero-order valence-corrected chi connectivity index (χ0v) is 12.4. The summed E-state index contributed by atoms with van der Waals surface area (Å²) in [7, 11) is 0. The van der Waals surface area contributed by atoms with E-state index in [4.69, 9.17) is 5.11 Å². The molecule has 4 nitrogen and oxygen atoms in total. The molecule has 2 amide bonds. The van der Waals surface area contributed by atoms with E-state index in [1.165, 1.54) is 4.90 Å². The summed E-state index contributed by atoms with van der Waals surface area (Å²) in [5, 5.41) is 9.16. The van der Waals surface area contributed by atoms with E-state index in [2.05, 4.69) is 0 Å². The molecule has 0 saturated carbocycles. The average Bonchev–Trinajstić information content (AvgIpc) is 2.71. The van der Waals surface area contributed by atoms with Gasteiger partial charge in [-0.25, -0.2) is 0 Å². The van der Waals surface area contributed by atoms with Gasteiger partial charge in [-0.2, -0.15) is 11.8 Å². The fourth-order valence-electron chi connectivity index (χ4n) is 2.15. The van der Waals surface area contributed by atoms with Crippen molar-refractivity contribution in [2.75, 3.05) is 18.9 Å². The van der Waals surface area contributed by atoms with Crippen molar-refractivity contribution >= 4 is 23.6 Å². The maximum absolute atomic E-state index is 12.1. The first kappa shape index (κ1) is 15.1. The van der Waals surface area contributed by atoms with Crippen LogP contribution in [0.5, 0.6) is 0 Å². The predicted octanol–water partition coefficient (Wildman–Crippen LogP) is 2.18. The number of rotatable bonds is 7. The van der Waals surface area contributed by atoms with Crippen LogP contribution < -0.4 is 0 Å². The van der Waals surface area contributed by atoms with E-state index in [1.54, 1.807) is 36.0 Å². The summed E-state index contributed by atoms with van der Waals surface area (Å²) in [6.45, 7) is 2.64. The number of carbonyl (C=O) groups is 2. The Labute approximate surface area is 123 Å². The van der Waals surface area contributed by atoms with Gasteiger partial charge in [-0.15, -0.1) is 0 Å². The van der Waals surface area contributed by atoms with Crippen LogP contribution in [0.3, 0.4) is 0 Å². The number of thioether (sulfide) groups is 1. The van der Waals surface area contributed by atoms with Gasteiger partial charge in [0, 0.05) is 11.8 Å². The van der Waals surface area contributed by atoms with Gasteiger partial charge >= 0.3 is 0 Å². The summed E-state index contributed by atoms with van der Waals surface area (Å²) in [6.07, 6.45) is 1.74. The van der Waals surface area contributed by atoms with Crippen molar-refractivity contribution in [1.82, 2.24) is 4.90 Å². The van der Waals surface area contributed by atoms with Crippen molar-refractivity contribution in [3.8, 4) is 0 Å². The maximum Gasteiger partial charge on any atom is 0.261 e. The third-order valence-electron chi connectivity index (χ3n) is 3.31. The Bertz CT molecular complexity index is 469. The number of amides is 2. The van der Waals surface area contributed by atoms with Crippen LogP contribution in [0.1, 0.15) is 40.5 Å². The summed E-state index contributed by atoms with van der Waals surface area (Å²) >= 11 is 1.71. The SMILES string of the molecule is C[C@@H](CO)SCCCCN1C(=O)c2ccccc2C1=O. The number of nitrogens with zero attached hydrogens (tertiary/aromatic N) is 1. The summed E-state index contributed by atoms with van der Waals surface area (Å²) in [5.74, 6) is 0.578. The highest BCUT2D eigenvalue weighted by Gasteiger charge is 2.34. The van der Waals surface area contributed by atoms with Gasteiger partial charge in [0.25, 0.3) is 11.8 Å². The average molecular weight is 293 g/mol. The van der Waals surface area contributed by atoms with E-state index in [-0.39, 0.29) is 23.7 Å². The number of imide groups is 1. The topological polar surface area (TPSA) is 57.6 Å². The third-order valence-corrected chi connectivity index (χ3v) is 4.56. The zero-order chi connectivity index (χ0) is 14.5. The van der Waals surface area contributed by atoms with Crippen molar-refractivity contribution < 1.29 is 14.7 Å². The second kappa shape index (κ2) is 6.90. The number of aliphatic hydroxyl groups is 1. The number of carbonyl (C=O) groups excluding carboxylic acids is 2. The minimum absolute atomic E-state index is 0.179. The second-order valence-electron chi connectivity index (χ2n) is 4.88. The fourth-order valence-corrected chi connectivity index (χ4v) is 3.03. The Balaban J connectivity index is 1.81. The molecule has 0 fully saturated rings. The van der Waals surface area contributed by atoms with Crippen molar-refractivity contribution in [1.29, 1.82) is 0 Å². The van der Waals surface area contributed by atoms with E-state index in [9.17, 15) is 9.59 Å². The molecule has 0 bridgehead atoms. The lowest BCUT2D eigenvalue weighted by Crippen LogP contribution is -2.30. The van der Waals surface area contributed by atoms with E-state index in [0.29, 0.717) is 17.7 Å². The molecule has 0 aromatic heterocycles. The first-order valence-corrected chi connectivity index (χ1v) is 7.87. The van der Waals surface area contributed by atoms with Crippen LogP contribution in [-0.2, 0) is 0 Å². The largest absolute Gasteiger partial charge is 0.395 e. The highest BCUT2D eigenvalue weighted by molar-refractivity contribution is 7.99. The summed E-state index contributed by atoms with van der Waals surface area (Å²) in [5.41, 5.74) is 1.03. The highest BCUT2D eigenvalue weighted by Crippen LogP contribution is 2.23. The predicted molar refractivity (Wildman–Crippen MR) is 80.0 cm³/mol. The Kier molecular flexibility index (Phi) is 5.20. The number of hydrogen-bond acceptors (Lipinski definition) is 4. The van der Waals surface area contributed by atoms with Crippen molar-refractivity contribution in [3.63, 3.8) is 0 Å². The lowest BCUT2D eigenvalue weighted by molar-refractivity contribution is 0.0652. The van der Waals surface area contributed by atoms with Gasteiger partial charge in [0.1, 0.15) is 0 Å². The highest BCUT2D eigenvalue weighted by atomic mass is 32.2. The number of unbranched alkanes of at least 4 members (excludes halogenated alkanes) is 1. The number of aliphatic hydroxyl groups excluding tert-OH is 1. The molecule has 0 unspecified atom stereocenters. The summed E-state index contributed by atoms with van der Waals surface area (Å²) in [6, 6.07) is 6.96. The molecular formula is C15H19NO3S. The lowest BCUT2D eigenvalue weighted by atomic mass is 10.1. The molecule has 0 saturated heterocycles. The standard InChI is InChI=1S/C15H19NO3S/c1-11(10-17)20-9-5-4-8-16-14(18)12-6-2-3-7-13(12)15(16)19/h2-3,6-7,11,17H,4-5,8-10H2,1H3/t11-/m0/s1. The van der Waals surface area contributed by atoms with Crippen LogP contribution >= 0.6 is 11.8 Å². The van der Waals surface area contributed by atoms with Gasteiger partial charge < -0.3 is 5.11 Å². The quantitative estimate of drug-likeness (QED) is 0.618. The number of benzene rings is 1. The van der Waals surface area contributed by atoms with Crippen LogP contribution in [0.25, 0.3) is 0 Å².